The molecule has 1 N–H and O–H groups in total. The van der Waals surface area contributed by atoms with Crippen LogP contribution in [0, 0.1) is 0 Å². The van der Waals surface area contributed by atoms with Crippen molar-refractivity contribution in [1.29, 1.82) is 0 Å². The molecule has 0 rings (SSSR count). The molecule has 1 amide bonds. The van der Waals surface area contributed by atoms with Gasteiger partial charge < -0.3 is 5.32 Å². The summed E-state index contributed by atoms with van der Waals surface area (Å²) in [6.45, 7) is 8.93. The summed E-state index contributed by atoms with van der Waals surface area (Å²) < 4.78 is 0. The number of carbonyl (C=O) groups excluding carboxylic acids is 2. The van der Waals surface area contributed by atoms with Gasteiger partial charge in [0, 0.05) is 13.5 Å². The Morgan fingerprint density at radius 1 is 1.45 bits per heavy atom. The average Bonchev–Trinajstić information content (AvgIpc) is 2.03. The van der Waals surface area contributed by atoms with Gasteiger partial charge in [0.25, 0.3) is 5.91 Å². The number of amides is 1. The summed E-state index contributed by atoms with van der Waals surface area (Å²) in [6, 6.07) is 0. The Bertz CT molecular complexity index is 141. The highest BCUT2D eigenvalue weighted by atomic mass is 16.2. The van der Waals surface area contributed by atoms with Crippen LogP contribution in [-0.4, -0.2) is 18.2 Å². The highest BCUT2D eigenvalue weighted by Crippen LogP contribution is 1.68. The van der Waals surface area contributed by atoms with E-state index < -0.39 is 11.7 Å². The maximum absolute atomic E-state index is 10.4. The van der Waals surface area contributed by atoms with E-state index in [9.17, 15) is 9.59 Å². The lowest BCUT2D eigenvalue weighted by atomic mass is 10.4. The number of nitrogens with one attached hydrogen (secondary N) is 1. The van der Waals surface area contributed by atoms with Crippen LogP contribution in [0.5, 0.6) is 0 Å². The summed E-state index contributed by atoms with van der Waals surface area (Å²) >= 11 is 0. The second-order valence-electron chi connectivity index (χ2n) is 1.55. The number of hydrogen-bond acceptors (Lipinski definition) is 2. The van der Waals surface area contributed by atoms with E-state index in [0.29, 0.717) is 6.54 Å². The van der Waals surface area contributed by atoms with Gasteiger partial charge in [-0.25, -0.2) is 0 Å². The van der Waals surface area contributed by atoms with Gasteiger partial charge in [0.05, 0.1) is 0 Å². The average molecular weight is 157 g/mol. The molecule has 0 spiro atoms. The van der Waals surface area contributed by atoms with E-state index in [1.807, 2.05) is 13.8 Å². The van der Waals surface area contributed by atoms with Crippen molar-refractivity contribution >= 4 is 11.7 Å². The highest BCUT2D eigenvalue weighted by molar-refractivity contribution is 6.35. The molecule has 0 aromatic carbocycles. The van der Waals surface area contributed by atoms with E-state index in [0.717, 1.165) is 0 Å². The first kappa shape index (κ1) is 12.5. The van der Waals surface area contributed by atoms with Gasteiger partial charge in [-0.2, -0.15) is 0 Å². The van der Waals surface area contributed by atoms with Crippen LogP contribution < -0.4 is 5.32 Å². The second-order valence-corrected chi connectivity index (χ2v) is 1.55. The summed E-state index contributed by atoms with van der Waals surface area (Å²) in [6.07, 6.45) is 1.51. The summed E-state index contributed by atoms with van der Waals surface area (Å²) in [5.41, 5.74) is 0. The largest absolute Gasteiger partial charge is 0.346 e. The van der Waals surface area contributed by atoms with Gasteiger partial charge in [-0.1, -0.05) is 19.9 Å². The highest BCUT2D eigenvalue weighted by Gasteiger charge is 2.02. The van der Waals surface area contributed by atoms with Gasteiger partial charge in [0.15, 0.2) is 0 Å². The molecule has 0 radical (unpaired) electrons. The van der Waals surface area contributed by atoms with E-state index in [1.165, 1.54) is 13.0 Å². The minimum Gasteiger partial charge on any atom is -0.346 e. The summed E-state index contributed by atoms with van der Waals surface area (Å²) in [5.74, 6) is -1.04. The fourth-order valence-electron chi connectivity index (χ4n) is 0.289. The van der Waals surface area contributed by atoms with Crippen LogP contribution in [0.2, 0.25) is 0 Å². The molecule has 0 saturated heterocycles. The predicted octanol–water partition coefficient (Wildman–Crippen LogP) is 0.904. The third kappa shape index (κ3) is 8.88. The van der Waals surface area contributed by atoms with Crippen LogP contribution in [0.3, 0.4) is 0 Å². The van der Waals surface area contributed by atoms with Crippen LogP contribution in [0.1, 0.15) is 20.8 Å². The Balaban J connectivity index is 0. The lowest BCUT2D eigenvalue weighted by Crippen LogP contribution is -2.28. The molecule has 0 bridgehead atoms. The van der Waals surface area contributed by atoms with E-state index in [2.05, 4.69) is 11.9 Å². The molecule has 0 saturated carbocycles. The molecule has 0 aliphatic heterocycles. The van der Waals surface area contributed by atoms with Gasteiger partial charge in [-0.05, 0) is 0 Å². The molecular weight excluding hydrogens is 142 g/mol. The number of Topliss-reactive ketones (excluding diaryl/α,β-unsaturated/α-hetero) is 1. The van der Waals surface area contributed by atoms with Gasteiger partial charge in [-0.15, -0.1) is 6.58 Å². The third-order valence-electron chi connectivity index (χ3n) is 0.727. The van der Waals surface area contributed by atoms with Crippen LogP contribution >= 0.6 is 0 Å². The molecule has 0 aromatic heterocycles. The zero-order valence-corrected chi connectivity index (χ0v) is 7.31. The Hall–Kier alpha value is -1.12. The first-order valence-electron chi connectivity index (χ1n) is 3.58. The minimum absolute atomic E-state index is 0.346. The molecule has 0 aromatic rings. The topological polar surface area (TPSA) is 46.2 Å². The number of carbonyl (C=O) groups is 2. The zero-order chi connectivity index (χ0) is 9.28. The third-order valence-corrected chi connectivity index (χ3v) is 0.727. The molecule has 0 aliphatic rings. The van der Waals surface area contributed by atoms with Gasteiger partial charge in [-0.3, -0.25) is 9.59 Å². The first-order valence-corrected chi connectivity index (χ1v) is 3.58. The van der Waals surface area contributed by atoms with Crippen LogP contribution in [-0.2, 0) is 9.59 Å². The predicted molar refractivity (Wildman–Crippen MR) is 45.2 cm³/mol. The Kier molecular flexibility index (Phi) is 10.1. The Morgan fingerprint density at radius 2 is 1.91 bits per heavy atom. The summed E-state index contributed by atoms with van der Waals surface area (Å²) in [5, 5.41) is 2.33. The van der Waals surface area contributed by atoms with Gasteiger partial charge in [0.2, 0.25) is 5.78 Å². The van der Waals surface area contributed by atoms with E-state index in [1.54, 1.807) is 0 Å². The molecular formula is C8H15NO2. The van der Waals surface area contributed by atoms with Crippen LogP contribution in [0.4, 0.5) is 0 Å². The van der Waals surface area contributed by atoms with Gasteiger partial charge in [0.1, 0.15) is 0 Å². The van der Waals surface area contributed by atoms with Crippen LogP contribution in [0.25, 0.3) is 0 Å². The van der Waals surface area contributed by atoms with Crippen molar-refractivity contribution in [2.75, 3.05) is 6.54 Å². The fourth-order valence-corrected chi connectivity index (χ4v) is 0.289. The Morgan fingerprint density at radius 3 is 2.18 bits per heavy atom. The molecule has 11 heavy (non-hydrogen) atoms. The monoisotopic (exact) mass is 157 g/mol. The van der Waals surface area contributed by atoms with E-state index >= 15 is 0 Å². The number of rotatable bonds is 3. The second kappa shape index (κ2) is 8.88. The van der Waals surface area contributed by atoms with Crippen molar-refractivity contribution in [3.63, 3.8) is 0 Å². The number of ketones is 1. The fraction of sp³-hybridized carbons (Fsp3) is 0.500. The van der Waals surface area contributed by atoms with Crippen molar-refractivity contribution in [1.82, 2.24) is 5.32 Å². The number of hydrogen-bond donors (Lipinski definition) is 1. The van der Waals surface area contributed by atoms with Crippen molar-refractivity contribution in [3.8, 4) is 0 Å². The quantitative estimate of drug-likeness (QED) is 0.488. The lowest BCUT2D eigenvalue weighted by Gasteiger charge is -1.94. The summed E-state index contributed by atoms with van der Waals surface area (Å²) in [4.78, 5) is 20.6. The van der Waals surface area contributed by atoms with Crippen LogP contribution in [0.15, 0.2) is 12.7 Å². The molecule has 0 atom stereocenters. The Labute approximate surface area is 67.5 Å². The van der Waals surface area contributed by atoms with Crippen molar-refractivity contribution in [3.05, 3.63) is 12.7 Å². The normalized spacial score (nSPS) is 7.18. The summed E-state index contributed by atoms with van der Waals surface area (Å²) in [7, 11) is 0. The molecule has 0 unspecified atom stereocenters. The standard InChI is InChI=1S/C6H9NO2.C2H6/c1-3-4-7-6(9)5(2)8;1-2/h3H,1,4H2,2H3,(H,7,9);1-2H3. The van der Waals surface area contributed by atoms with Crippen molar-refractivity contribution < 1.29 is 9.59 Å². The van der Waals surface area contributed by atoms with Gasteiger partial charge >= 0.3 is 0 Å². The molecule has 3 heteroatoms. The first-order chi connectivity index (χ1) is 5.18. The van der Waals surface area contributed by atoms with Crippen molar-refractivity contribution in [2.24, 2.45) is 0 Å². The zero-order valence-electron chi connectivity index (χ0n) is 7.31. The SMILES string of the molecule is C=CCNC(=O)C(C)=O.CC. The molecule has 64 valence electrons. The lowest BCUT2D eigenvalue weighted by molar-refractivity contribution is -0.136. The molecule has 0 fully saturated rings. The maximum atomic E-state index is 10.4. The molecule has 0 aliphatic carbocycles. The smallest absolute Gasteiger partial charge is 0.287 e. The van der Waals surface area contributed by atoms with E-state index in [-0.39, 0.29) is 0 Å². The minimum atomic E-state index is -0.560. The van der Waals surface area contributed by atoms with Crippen molar-refractivity contribution in [2.45, 2.75) is 20.8 Å². The maximum Gasteiger partial charge on any atom is 0.287 e. The van der Waals surface area contributed by atoms with E-state index in [4.69, 9.17) is 0 Å². The molecule has 0 heterocycles. The molecule has 3 nitrogen and oxygen atoms in total.